The maximum atomic E-state index is 12.2. The Morgan fingerprint density at radius 1 is 1.45 bits per heavy atom. The van der Waals surface area contributed by atoms with Gasteiger partial charge in [0, 0.05) is 6.04 Å². The van der Waals surface area contributed by atoms with Gasteiger partial charge in [0.1, 0.15) is 5.75 Å². The van der Waals surface area contributed by atoms with Gasteiger partial charge >= 0.3 is 0 Å². The molecule has 1 aliphatic heterocycles. The van der Waals surface area contributed by atoms with Crippen molar-refractivity contribution in [1.29, 1.82) is 0 Å². The third-order valence-electron chi connectivity index (χ3n) is 3.12. The third kappa shape index (κ3) is 2.83. The second kappa shape index (κ2) is 5.89. The highest BCUT2D eigenvalue weighted by Gasteiger charge is 2.37. The molecule has 106 valence electrons. The summed E-state index contributed by atoms with van der Waals surface area (Å²) in [5.41, 5.74) is 0.669. The standard InChI is InChI=1S/C14H14ClNO3S/c1-3-8(2)16-13(18)12(20-14(16)19)7-9-4-5-11(17)10(15)6-9/h4-8,17H,3H2,1-2H3/b12-7-/t8-/m0/s1. The number of phenolic OH excluding ortho intramolecular Hbond substituents is 1. The topological polar surface area (TPSA) is 57.6 Å². The van der Waals surface area contributed by atoms with Crippen molar-refractivity contribution < 1.29 is 14.7 Å². The Morgan fingerprint density at radius 2 is 2.15 bits per heavy atom. The Kier molecular flexibility index (Phi) is 4.40. The highest BCUT2D eigenvalue weighted by Crippen LogP contribution is 2.35. The fourth-order valence-corrected chi connectivity index (χ4v) is 2.93. The van der Waals surface area contributed by atoms with Gasteiger partial charge in [0.2, 0.25) is 0 Å². The monoisotopic (exact) mass is 311 g/mol. The number of nitrogens with zero attached hydrogens (tertiary/aromatic N) is 1. The lowest BCUT2D eigenvalue weighted by Gasteiger charge is -2.19. The largest absolute Gasteiger partial charge is 0.506 e. The normalized spacial score (nSPS) is 18.9. The van der Waals surface area contributed by atoms with Gasteiger partial charge in [-0.1, -0.05) is 24.6 Å². The van der Waals surface area contributed by atoms with Crippen molar-refractivity contribution in [2.24, 2.45) is 0 Å². The Morgan fingerprint density at radius 3 is 2.75 bits per heavy atom. The summed E-state index contributed by atoms with van der Waals surface area (Å²) in [6, 6.07) is 4.52. The number of thioether (sulfide) groups is 1. The number of phenols is 1. The van der Waals surface area contributed by atoms with Crippen LogP contribution in [-0.2, 0) is 4.79 Å². The molecule has 1 aromatic rings. The van der Waals surface area contributed by atoms with Gasteiger partial charge in [-0.15, -0.1) is 0 Å². The first kappa shape index (κ1) is 14.9. The molecule has 0 spiro atoms. The molecule has 0 aromatic heterocycles. The lowest BCUT2D eigenvalue weighted by Crippen LogP contribution is -2.36. The molecule has 1 saturated heterocycles. The lowest BCUT2D eigenvalue weighted by atomic mass is 10.2. The maximum Gasteiger partial charge on any atom is 0.293 e. The molecule has 2 rings (SSSR count). The average molecular weight is 312 g/mol. The van der Waals surface area contributed by atoms with Gasteiger partial charge in [-0.05, 0) is 48.9 Å². The van der Waals surface area contributed by atoms with Crippen molar-refractivity contribution in [3.8, 4) is 5.75 Å². The number of rotatable bonds is 3. The molecule has 1 fully saturated rings. The molecule has 0 saturated carbocycles. The highest BCUT2D eigenvalue weighted by molar-refractivity contribution is 8.18. The summed E-state index contributed by atoms with van der Waals surface area (Å²) in [4.78, 5) is 25.7. The second-order valence-electron chi connectivity index (χ2n) is 4.52. The minimum atomic E-state index is -0.279. The maximum absolute atomic E-state index is 12.2. The first-order valence-corrected chi connectivity index (χ1v) is 7.39. The van der Waals surface area contributed by atoms with Gasteiger partial charge in [-0.25, -0.2) is 0 Å². The predicted octanol–water partition coefficient (Wildman–Crippen LogP) is 3.88. The zero-order valence-corrected chi connectivity index (χ0v) is 12.7. The van der Waals surface area contributed by atoms with E-state index in [9.17, 15) is 14.7 Å². The summed E-state index contributed by atoms with van der Waals surface area (Å²) < 4.78 is 0. The number of carbonyl (C=O) groups excluding carboxylic acids is 2. The third-order valence-corrected chi connectivity index (χ3v) is 4.31. The van der Waals surface area contributed by atoms with Crippen LogP contribution in [-0.4, -0.2) is 27.2 Å². The van der Waals surface area contributed by atoms with E-state index in [2.05, 4.69) is 0 Å². The van der Waals surface area contributed by atoms with Crippen LogP contribution in [0.25, 0.3) is 6.08 Å². The molecule has 4 nitrogen and oxygen atoms in total. The van der Waals surface area contributed by atoms with Crippen molar-refractivity contribution in [2.45, 2.75) is 26.3 Å². The number of hydrogen-bond acceptors (Lipinski definition) is 4. The quantitative estimate of drug-likeness (QED) is 0.861. The van der Waals surface area contributed by atoms with Crippen molar-refractivity contribution in [3.05, 3.63) is 33.7 Å². The van der Waals surface area contributed by atoms with Crippen molar-refractivity contribution in [3.63, 3.8) is 0 Å². The van der Waals surface area contributed by atoms with Crippen LogP contribution < -0.4 is 0 Å². The van der Waals surface area contributed by atoms with Crippen LogP contribution in [0.5, 0.6) is 5.75 Å². The summed E-state index contributed by atoms with van der Waals surface area (Å²) in [5, 5.41) is 9.32. The van der Waals surface area contributed by atoms with Gasteiger partial charge in [-0.3, -0.25) is 14.5 Å². The summed E-state index contributed by atoms with van der Waals surface area (Å²) in [7, 11) is 0. The van der Waals surface area contributed by atoms with Gasteiger partial charge in [0.05, 0.1) is 9.93 Å². The van der Waals surface area contributed by atoms with Crippen LogP contribution in [0.15, 0.2) is 23.1 Å². The van der Waals surface area contributed by atoms with Crippen molar-refractivity contribution in [1.82, 2.24) is 4.90 Å². The highest BCUT2D eigenvalue weighted by atomic mass is 35.5. The van der Waals surface area contributed by atoms with Crippen LogP contribution in [0.4, 0.5) is 4.79 Å². The van der Waals surface area contributed by atoms with E-state index in [4.69, 9.17) is 11.6 Å². The number of carbonyl (C=O) groups is 2. The van der Waals surface area contributed by atoms with Crippen LogP contribution >= 0.6 is 23.4 Å². The molecule has 6 heteroatoms. The first-order valence-electron chi connectivity index (χ1n) is 6.19. The molecule has 1 aliphatic rings. The van der Waals surface area contributed by atoms with E-state index in [1.54, 1.807) is 18.2 Å². The van der Waals surface area contributed by atoms with Gasteiger partial charge in [0.25, 0.3) is 11.1 Å². The van der Waals surface area contributed by atoms with E-state index < -0.39 is 0 Å². The number of imide groups is 1. The summed E-state index contributed by atoms with van der Waals surface area (Å²) in [6.45, 7) is 3.77. The minimum Gasteiger partial charge on any atom is -0.506 e. The first-order chi connectivity index (χ1) is 9.43. The molecule has 20 heavy (non-hydrogen) atoms. The van der Waals surface area contributed by atoms with Crippen LogP contribution in [0.1, 0.15) is 25.8 Å². The van der Waals surface area contributed by atoms with Crippen LogP contribution in [0.3, 0.4) is 0 Å². The van der Waals surface area contributed by atoms with E-state index in [-0.39, 0.29) is 28.0 Å². The molecule has 0 unspecified atom stereocenters. The summed E-state index contributed by atoms with van der Waals surface area (Å²) in [6.07, 6.45) is 2.33. The van der Waals surface area contributed by atoms with Gasteiger partial charge < -0.3 is 5.11 Å². The fourth-order valence-electron chi connectivity index (χ4n) is 1.81. The Balaban J connectivity index is 2.30. The van der Waals surface area contributed by atoms with E-state index in [0.29, 0.717) is 10.5 Å². The zero-order valence-electron chi connectivity index (χ0n) is 11.1. The van der Waals surface area contributed by atoms with Crippen LogP contribution in [0.2, 0.25) is 5.02 Å². The number of amides is 2. The molecule has 1 atom stereocenters. The Labute approximate surface area is 126 Å². The van der Waals surface area contributed by atoms with Gasteiger partial charge in [0.15, 0.2) is 0 Å². The Bertz CT molecular complexity index is 600. The molecule has 1 heterocycles. The Hall–Kier alpha value is -1.46. The van der Waals surface area contributed by atoms with Gasteiger partial charge in [-0.2, -0.15) is 0 Å². The molecular weight excluding hydrogens is 298 g/mol. The molecular formula is C14H14ClNO3S. The molecule has 0 bridgehead atoms. The fraction of sp³-hybridized carbons (Fsp3) is 0.286. The van der Waals surface area contributed by atoms with E-state index in [1.807, 2.05) is 13.8 Å². The zero-order chi connectivity index (χ0) is 14.9. The number of hydrogen-bond donors (Lipinski definition) is 1. The molecule has 2 amide bonds. The molecule has 0 radical (unpaired) electrons. The van der Waals surface area contributed by atoms with E-state index in [1.165, 1.54) is 11.0 Å². The number of halogens is 1. The molecule has 0 aliphatic carbocycles. The van der Waals surface area contributed by atoms with E-state index in [0.717, 1.165) is 18.2 Å². The summed E-state index contributed by atoms with van der Waals surface area (Å²) in [5.74, 6) is -0.296. The smallest absolute Gasteiger partial charge is 0.293 e. The van der Waals surface area contributed by atoms with Crippen LogP contribution in [0, 0.1) is 0 Å². The number of benzene rings is 1. The molecule has 1 aromatic carbocycles. The number of aromatic hydroxyl groups is 1. The molecule has 1 N–H and O–H groups in total. The predicted molar refractivity (Wildman–Crippen MR) is 80.7 cm³/mol. The van der Waals surface area contributed by atoms with Crippen molar-refractivity contribution in [2.75, 3.05) is 0 Å². The summed E-state index contributed by atoms with van der Waals surface area (Å²) >= 11 is 6.74. The minimum absolute atomic E-state index is 0.0171. The SMILES string of the molecule is CC[C@H](C)N1C(=O)S/C(=C\c2ccc(O)c(Cl)c2)C1=O. The lowest BCUT2D eigenvalue weighted by molar-refractivity contribution is -0.124. The van der Waals surface area contributed by atoms with Crippen molar-refractivity contribution >= 4 is 40.6 Å². The second-order valence-corrected chi connectivity index (χ2v) is 5.92. The van der Waals surface area contributed by atoms with E-state index >= 15 is 0 Å². The average Bonchev–Trinajstić information content (AvgIpc) is 2.68.